The minimum absolute atomic E-state index is 0.341. The number of aromatic amines is 1. The maximum absolute atomic E-state index is 12.7. The van der Waals surface area contributed by atoms with Crippen LogP contribution in [0.5, 0.6) is 0 Å². The average Bonchev–Trinajstić information content (AvgIpc) is 3.10. The Kier molecular flexibility index (Phi) is 3.05. The second-order valence-electron chi connectivity index (χ2n) is 5.10. The second-order valence-corrected chi connectivity index (χ2v) is 6.13. The smallest absolute Gasteiger partial charge is 0.361 e. The van der Waals surface area contributed by atoms with Gasteiger partial charge in [0.15, 0.2) is 5.13 Å². The van der Waals surface area contributed by atoms with E-state index in [0.717, 1.165) is 28.7 Å². The lowest BCUT2D eigenvalue weighted by molar-refractivity contribution is -0.137. The van der Waals surface area contributed by atoms with Crippen molar-refractivity contribution in [3.63, 3.8) is 0 Å². The summed E-state index contributed by atoms with van der Waals surface area (Å²) in [6, 6.07) is 11.4. The highest BCUT2D eigenvalue weighted by molar-refractivity contribution is 7.22. The zero-order valence-electron chi connectivity index (χ0n) is 11.6. The third-order valence-corrected chi connectivity index (χ3v) is 4.47. The number of thiazole rings is 1. The minimum atomic E-state index is -4.36. The number of hydrogen-bond acceptors (Lipinski definition) is 3. The second kappa shape index (κ2) is 4.99. The quantitative estimate of drug-likeness (QED) is 0.505. The lowest BCUT2D eigenvalue weighted by atomic mass is 10.2. The molecule has 0 radical (unpaired) electrons. The van der Waals surface area contributed by atoms with Gasteiger partial charge in [0.2, 0.25) is 0 Å². The summed E-state index contributed by atoms with van der Waals surface area (Å²) in [4.78, 5) is 7.36. The van der Waals surface area contributed by atoms with Crippen molar-refractivity contribution < 1.29 is 13.2 Å². The minimum Gasteiger partial charge on any atom is -0.361 e. The van der Waals surface area contributed by atoms with E-state index in [9.17, 15) is 13.2 Å². The normalized spacial score (nSPS) is 12.1. The molecule has 0 fully saturated rings. The molecule has 0 unspecified atom stereocenters. The van der Waals surface area contributed by atoms with Crippen LogP contribution in [0.3, 0.4) is 0 Å². The summed E-state index contributed by atoms with van der Waals surface area (Å²) in [7, 11) is 0. The first-order valence-electron chi connectivity index (χ1n) is 6.81. The van der Waals surface area contributed by atoms with Gasteiger partial charge in [0.05, 0.1) is 15.8 Å². The van der Waals surface area contributed by atoms with E-state index in [1.165, 1.54) is 17.4 Å². The Hall–Kier alpha value is -2.54. The van der Waals surface area contributed by atoms with Gasteiger partial charge in [0.25, 0.3) is 0 Å². The standard InChI is InChI=1S/C16H10F3N3S/c17-16(18,19)10-2-4-14-13(7-10)22-15(23-14)21-11-3-1-9-5-6-20-12(9)8-11/h1-8,20H,(H,21,22). The van der Waals surface area contributed by atoms with Crippen molar-refractivity contribution in [1.82, 2.24) is 9.97 Å². The molecule has 3 nitrogen and oxygen atoms in total. The van der Waals surface area contributed by atoms with Crippen molar-refractivity contribution in [3.8, 4) is 0 Å². The molecule has 23 heavy (non-hydrogen) atoms. The largest absolute Gasteiger partial charge is 0.416 e. The van der Waals surface area contributed by atoms with Crippen LogP contribution in [0.2, 0.25) is 0 Å². The van der Waals surface area contributed by atoms with Crippen molar-refractivity contribution >= 4 is 43.3 Å². The molecule has 4 rings (SSSR count). The van der Waals surface area contributed by atoms with Crippen molar-refractivity contribution in [2.75, 3.05) is 5.32 Å². The van der Waals surface area contributed by atoms with Crippen LogP contribution in [0, 0.1) is 0 Å². The Balaban J connectivity index is 1.68. The summed E-state index contributed by atoms with van der Waals surface area (Å²) < 4.78 is 38.9. The van der Waals surface area contributed by atoms with Crippen molar-refractivity contribution in [2.24, 2.45) is 0 Å². The summed E-state index contributed by atoms with van der Waals surface area (Å²) in [6.07, 6.45) is -2.51. The zero-order valence-corrected chi connectivity index (χ0v) is 12.4. The highest BCUT2D eigenvalue weighted by Gasteiger charge is 2.30. The van der Waals surface area contributed by atoms with Crippen molar-refractivity contribution in [2.45, 2.75) is 6.18 Å². The highest BCUT2D eigenvalue weighted by Crippen LogP contribution is 2.34. The number of alkyl halides is 3. The number of benzene rings is 2. The van der Waals surface area contributed by atoms with Gasteiger partial charge in [-0.15, -0.1) is 0 Å². The Morgan fingerprint density at radius 1 is 1.04 bits per heavy atom. The van der Waals surface area contributed by atoms with E-state index < -0.39 is 11.7 Å². The first-order valence-corrected chi connectivity index (χ1v) is 7.63. The molecule has 0 saturated carbocycles. The van der Waals surface area contributed by atoms with Gasteiger partial charge in [-0.2, -0.15) is 13.2 Å². The van der Waals surface area contributed by atoms with Gasteiger partial charge in [-0.25, -0.2) is 4.98 Å². The van der Waals surface area contributed by atoms with E-state index in [2.05, 4.69) is 15.3 Å². The summed E-state index contributed by atoms with van der Waals surface area (Å²) in [5.74, 6) is 0. The molecule has 0 amide bonds. The van der Waals surface area contributed by atoms with Crippen LogP contribution < -0.4 is 5.32 Å². The molecule has 2 heterocycles. The molecule has 0 atom stereocenters. The molecule has 2 aromatic carbocycles. The fraction of sp³-hybridized carbons (Fsp3) is 0.0625. The van der Waals surface area contributed by atoms with Crippen molar-refractivity contribution in [1.29, 1.82) is 0 Å². The Morgan fingerprint density at radius 2 is 1.91 bits per heavy atom. The van der Waals surface area contributed by atoms with Crippen LogP contribution >= 0.6 is 11.3 Å². The van der Waals surface area contributed by atoms with E-state index in [1.54, 1.807) is 0 Å². The molecule has 0 aliphatic carbocycles. The van der Waals surface area contributed by atoms with Gasteiger partial charge in [0, 0.05) is 17.4 Å². The number of nitrogens with zero attached hydrogens (tertiary/aromatic N) is 1. The lowest BCUT2D eigenvalue weighted by Gasteiger charge is -2.04. The molecule has 0 saturated heterocycles. The van der Waals surface area contributed by atoms with Crippen LogP contribution in [-0.4, -0.2) is 9.97 Å². The Bertz CT molecular complexity index is 1000. The molecular formula is C16H10F3N3S. The third kappa shape index (κ3) is 2.63. The van der Waals surface area contributed by atoms with Gasteiger partial charge < -0.3 is 10.3 Å². The molecule has 7 heteroatoms. The van der Waals surface area contributed by atoms with E-state index in [1.807, 2.05) is 30.5 Å². The van der Waals surface area contributed by atoms with E-state index >= 15 is 0 Å². The fourth-order valence-electron chi connectivity index (χ4n) is 2.41. The molecule has 0 aliphatic rings. The maximum atomic E-state index is 12.7. The van der Waals surface area contributed by atoms with Gasteiger partial charge in [-0.1, -0.05) is 17.4 Å². The molecule has 4 aromatic rings. The van der Waals surface area contributed by atoms with Gasteiger partial charge in [-0.05, 0) is 41.8 Å². The number of halogens is 3. The molecule has 116 valence electrons. The van der Waals surface area contributed by atoms with Crippen LogP contribution in [-0.2, 0) is 6.18 Å². The maximum Gasteiger partial charge on any atom is 0.416 e. The number of fused-ring (bicyclic) bond motifs is 2. The lowest BCUT2D eigenvalue weighted by Crippen LogP contribution is -2.03. The van der Waals surface area contributed by atoms with Crippen LogP contribution in [0.25, 0.3) is 21.1 Å². The van der Waals surface area contributed by atoms with E-state index in [4.69, 9.17) is 0 Å². The van der Waals surface area contributed by atoms with Gasteiger partial charge >= 0.3 is 6.18 Å². The van der Waals surface area contributed by atoms with Crippen molar-refractivity contribution in [3.05, 3.63) is 54.2 Å². The molecule has 0 spiro atoms. The first-order chi connectivity index (χ1) is 11.0. The monoisotopic (exact) mass is 333 g/mol. The Labute approximate surface area is 132 Å². The summed E-state index contributed by atoms with van der Waals surface area (Å²) in [5, 5.41) is 4.79. The number of aromatic nitrogens is 2. The molecular weight excluding hydrogens is 323 g/mol. The van der Waals surface area contributed by atoms with Crippen LogP contribution in [0.4, 0.5) is 24.0 Å². The van der Waals surface area contributed by atoms with Gasteiger partial charge in [0.1, 0.15) is 0 Å². The van der Waals surface area contributed by atoms with Crippen LogP contribution in [0.1, 0.15) is 5.56 Å². The van der Waals surface area contributed by atoms with Gasteiger partial charge in [-0.3, -0.25) is 0 Å². The zero-order chi connectivity index (χ0) is 16.0. The number of rotatable bonds is 2. The van der Waals surface area contributed by atoms with Crippen LogP contribution in [0.15, 0.2) is 48.7 Å². The summed E-state index contributed by atoms with van der Waals surface area (Å²) >= 11 is 1.32. The number of anilines is 2. The molecule has 2 N–H and O–H groups in total. The average molecular weight is 333 g/mol. The fourth-order valence-corrected chi connectivity index (χ4v) is 3.27. The number of hydrogen-bond donors (Lipinski definition) is 2. The molecule has 0 aliphatic heterocycles. The topological polar surface area (TPSA) is 40.7 Å². The third-order valence-electron chi connectivity index (χ3n) is 3.52. The highest BCUT2D eigenvalue weighted by atomic mass is 32.1. The molecule has 2 aromatic heterocycles. The number of H-pyrrole nitrogens is 1. The predicted molar refractivity (Wildman–Crippen MR) is 86.2 cm³/mol. The van der Waals surface area contributed by atoms with E-state index in [-0.39, 0.29) is 0 Å². The first kappa shape index (κ1) is 14.1. The molecule has 0 bridgehead atoms. The SMILES string of the molecule is FC(F)(F)c1ccc2sc(Nc3ccc4cc[nH]c4c3)nc2c1. The van der Waals surface area contributed by atoms with E-state index in [0.29, 0.717) is 15.3 Å². The number of nitrogens with one attached hydrogen (secondary N) is 2. The predicted octanol–water partition coefficient (Wildman–Crippen LogP) is 5.54. The summed E-state index contributed by atoms with van der Waals surface area (Å²) in [6.45, 7) is 0. The summed E-state index contributed by atoms with van der Waals surface area (Å²) in [5.41, 5.74) is 1.47. The Morgan fingerprint density at radius 3 is 2.74 bits per heavy atom.